The predicted octanol–water partition coefficient (Wildman–Crippen LogP) is 0.458. The third-order valence-corrected chi connectivity index (χ3v) is 3.22. The van der Waals surface area contributed by atoms with Crippen LogP contribution in [0.2, 0.25) is 0 Å². The minimum Gasteiger partial charge on any atom is -0.396 e. The fraction of sp³-hybridized carbons (Fsp3) is 1.00. The van der Waals surface area contributed by atoms with Gasteiger partial charge in [0.25, 0.3) is 0 Å². The molecular weight excluding hydrogens is 204 g/mol. The van der Waals surface area contributed by atoms with Gasteiger partial charge < -0.3 is 15.2 Å². The Hall–Kier alpha value is -0.160. The Morgan fingerprint density at radius 1 is 1.50 bits per heavy atom. The van der Waals surface area contributed by atoms with Gasteiger partial charge in [0, 0.05) is 31.8 Å². The van der Waals surface area contributed by atoms with Crippen molar-refractivity contribution in [3.05, 3.63) is 0 Å². The summed E-state index contributed by atoms with van der Waals surface area (Å²) in [5.41, 5.74) is -0.00734. The third-order valence-electron chi connectivity index (χ3n) is 3.22. The van der Waals surface area contributed by atoms with Crippen LogP contribution in [0.1, 0.15) is 27.2 Å². The van der Waals surface area contributed by atoms with Gasteiger partial charge in [-0.1, -0.05) is 6.92 Å². The number of nitrogens with zero attached hydrogens (tertiary/aromatic N) is 1. The average molecular weight is 230 g/mol. The van der Waals surface area contributed by atoms with Gasteiger partial charge in [-0.3, -0.25) is 4.90 Å². The maximum atomic E-state index is 8.94. The Kier molecular flexibility index (Phi) is 5.69. The van der Waals surface area contributed by atoms with Gasteiger partial charge >= 0.3 is 0 Å². The monoisotopic (exact) mass is 230 g/mol. The summed E-state index contributed by atoms with van der Waals surface area (Å²) in [6, 6.07) is 0. The molecule has 16 heavy (non-hydrogen) atoms. The molecule has 96 valence electrons. The molecule has 0 spiro atoms. The molecule has 0 bridgehead atoms. The van der Waals surface area contributed by atoms with Crippen LogP contribution in [0.4, 0.5) is 0 Å². The van der Waals surface area contributed by atoms with Crippen molar-refractivity contribution in [1.29, 1.82) is 0 Å². The van der Waals surface area contributed by atoms with Gasteiger partial charge in [-0.2, -0.15) is 0 Å². The molecule has 1 heterocycles. The van der Waals surface area contributed by atoms with E-state index in [0.717, 1.165) is 39.2 Å². The Balaban J connectivity index is 2.26. The lowest BCUT2D eigenvalue weighted by Gasteiger charge is -2.34. The lowest BCUT2D eigenvalue weighted by atomic mass is 10.0. The van der Waals surface area contributed by atoms with Crippen LogP contribution in [0.5, 0.6) is 0 Å². The summed E-state index contributed by atoms with van der Waals surface area (Å²) in [5.74, 6) is 0. The number of likely N-dealkylation sites (N-methyl/N-ethyl adjacent to an activating group) is 1. The van der Waals surface area contributed by atoms with Crippen LogP contribution in [0, 0.1) is 0 Å². The molecule has 1 unspecified atom stereocenters. The van der Waals surface area contributed by atoms with Crippen LogP contribution in [0.25, 0.3) is 0 Å². The minimum absolute atomic E-state index is 0.00734. The van der Waals surface area contributed by atoms with E-state index in [4.69, 9.17) is 9.84 Å². The predicted molar refractivity (Wildman–Crippen MR) is 65.6 cm³/mol. The first kappa shape index (κ1) is 13.9. The lowest BCUT2D eigenvalue weighted by Crippen LogP contribution is -2.50. The number of nitrogens with one attached hydrogen (secondary N) is 1. The Morgan fingerprint density at radius 3 is 2.88 bits per heavy atom. The smallest absolute Gasteiger partial charge is 0.0826 e. The first-order chi connectivity index (χ1) is 7.57. The van der Waals surface area contributed by atoms with Crippen molar-refractivity contribution in [3.63, 3.8) is 0 Å². The molecule has 0 aromatic heterocycles. The van der Waals surface area contributed by atoms with Crippen LogP contribution in [0.15, 0.2) is 0 Å². The quantitative estimate of drug-likeness (QED) is 0.696. The summed E-state index contributed by atoms with van der Waals surface area (Å²) in [6.07, 6.45) is 1.06. The Labute approximate surface area is 99.0 Å². The number of hydrogen-bond acceptors (Lipinski definition) is 4. The van der Waals surface area contributed by atoms with Gasteiger partial charge in [-0.15, -0.1) is 0 Å². The van der Waals surface area contributed by atoms with Crippen molar-refractivity contribution in [2.75, 3.05) is 39.4 Å². The standard InChI is InChI=1S/C12H26N2O2/c1-4-14-6-8-16-11(10-14)9-13-12(2,3)5-7-15/h11,13,15H,4-10H2,1-3H3. The van der Waals surface area contributed by atoms with E-state index in [0.29, 0.717) is 0 Å². The summed E-state index contributed by atoms with van der Waals surface area (Å²) < 4.78 is 5.72. The van der Waals surface area contributed by atoms with Crippen molar-refractivity contribution in [1.82, 2.24) is 10.2 Å². The molecule has 0 aromatic rings. The summed E-state index contributed by atoms with van der Waals surface area (Å²) in [5, 5.41) is 12.4. The Morgan fingerprint density at radius 2 is 2.25 bits per heavy atom. The van der Waals surface area contributed by atoms with Crippen molar-refractivity contribution in [2.45, 2.75) is 38.8 Å². The van der Waals surface area contributed by atoms with Gasteiger partial charge in [0.05, 0.1) is 12.7 Å². The summed E-state index contributed by atoms with van der Waals surface area (Å²) in [6.45, 7) is 11.5. The normalized spacial score (nSPS) is 23.6. The second-order valence-electron chi connectivity index (χ2n) is 5.12. The zero-order chi connectivity index (χ0) is 12.0. The van der Waals surface area contributed by atoms with E-state index < -0.39 is 0 Å². The fourth-order valence-electron chi connectivity index (χ4n) is 1.95. The molecule has 4 heteroatoms. The second kappa shape index (κ2) is 6.55. The van der Waals surface area contributed by atoms with Crippen LogP contribution >= 0.6 is 0 Å². The highest BCUT2D eigenvalue weighted by Gasteiger charge is 2.22. The third kappa shape index (κ3) is 4.78. The van der Waals surface area contributed by atoms with Gasteiger partial charge in [-0.05, 0) is 26.8 Å². The SMILES string of the molecule is CCN1CCOC(CNC(C)(C)CCO)C1. The first-order valence-corrected chi connectivity index (χ1v) is 6.27. The number of morpholine rings is 1. The van der Waals surface area contributed by atoms with E-state index in [-0.39, 0.29) is 18.2 Å². The number of ether oxygens (including phenoxy) is 1. The molecule has 1 fully saturated rings. The average Bonchev–Trinajstić information content (AvgIpc) is 2.27. The van der Waals surface area contributed by atoms with Crippen LogP contribution in [-0.4, -0.2) is 61.0 Å². The fourth-order valence-corrected chi connectivity index (χ4v) is 1.95. The van der Waals surface area contributed by atoms with E-state index >= 15 is 0 Å². The molecule has 0 aliphatic carbocycles. The van der Waals surface area contributed by atoms with Crippen molar-refractivity contribution >= 4 is 0 Å². The van der Waals surface area contributed by atoms with Gasteiger partial charge in [0.15, 0.2) is 0 Å². The van der Waals surface area contributed by atoms with Crippen molar-refractivity contribution < 1.29 is 9.84 Å². The molecule has 0 amide bonds. The molecule has 0 aromatic carbocycles. The minimum atomic E-state index is -0.00734. The molecule has 0 saturated carbocycles. The zero-order valence-electron chi connectivity index (χ0n) is 10.8. The molecule has 4 nitrogen and oxygen atoms in total. The lowest BCUT2D eigenvalue weighted by molar-refractivity contribution is -0.0284. The maximum absolute atomic E-state index is 8.94. The zero-order valence-corrected chi connectivity index (χ0v) is 10.8. The Bertz CT molecular complexity index is 197. The number of hydrogen-bond donors (Lipinski definition) is 2. The van der Waals surface area contributed by atoms with Crippen LogP contribution < -0.4 is 5.32 Å². The van der Waals surface area contributed by atoms with Crippen LogP contribution in [-0.2, 0) is 4.74 Å². The highest BCUT2D eigenvalue weighted by molar-refractivity contribution is 4.81. The molecule has 1 aliphatic heterocycles. The summed E-state index contributed by atoms with van der Waals surface area (Å²) >= 11 is 0. The molecule has 1 saturated heterocycles. The second-order valence-corrected chi connectivity index (χ2v) is 5.12. The number of aliphatic hydroxyl groups excluding tert-OH is 1. The maximum Gasteiger partial charge on any atom is 0.0826 e. The highest BCUT2D eigenvalue weighted by Crippen LogP contribution is 2.09. The van der Waals surface area contributed by atoms with E-state index in [9.17, 15) is 0 Å². The van der Waals surface area contributed by atoms with Gasteiger partial charge in [0.2, 0.25) is 0 Å². The molecular formula is C12H26N2O2. The number of aliphatic hydroxyl groups is 1. The number of rotatable bonds is 6. The molecule has 0 radical (unpaired) electrons. The van der Waals surface area contributed by atoms with E-state index in [1.165, 1.54) is 0 Å². The molecule has 1 rings (SSSR count). The van der Waals surface area contributed by atoms with E-state index in [2.05, 4.69) is 31.0 Å². The van der Waals surface area contributed by atoms with Crippen molar-refractivity contribution in [2.24, 2.45) is 0 Å². The van der Waals surface area contributed by atoms with Crippen molar-refractivity contribution in [3.8, 4) is 0 Å². The summed E-state index contributed by atoms with van der Waals surface area (Å²) in [7, 11) is 0. The molecule has 1 aliphatic rings. The molecule has 2 N–H and O–H groups in total. The van der Waals surface area contributed by atoms with E-state index in [1.807, 2.05) is 0 Å². The topological polar surface area (TPSA) is 44.7 Å². The first-order valence-electron chi connectivity index (χ1n) is 6.27. The van der Waals surface area contributed by atoms with E-state index in [1.54, 1.807) is 0 Å². The highest BCUT2D eigenvalue weighted by atomic mass is 16.5. The van der Waals surface area contributed by atoms with Crippen LogP contribution in [0.3, 0.4) is 0 Å². The summed E-state index contributed by atoms with van der Waals surface area (Å²) in [4.78, 5) is 2.41. The molecule has 1 atom stereocenters. The van der Waals surface area contributed by atoms with Gasteiger partial charge in [-0.25, -0.2) is 0 Å². The van der Waals surface area contributed by atoms with Gasteiger partial charge in [0.1, 0.15) is 0 Å². The largest absolute Gasteiger partial charge is 0.396 e.